The summed E-state index contributed by atoms with van der Waals surface area (Å²) in [6.45, 7) is 6.07. The Morgan fingerprint density at radius 1 is 0.913 bits per heavy atom. The lowest BCUT2D eigenvalue weighted by Gasteiger charge is -2.16. The third-order valence-corrected chi connectivity index (χ3v) is 4.51. The van der Waals surface area contributed by atoms with Gasteiger partial charge in [-0.05, 0) is 89.2 Å². The molecule has 0 atom stereocenters. The highest BCUT2D eigenvalue weighted by Gasteiger charge is 2.13. The largest absolute Gasteiger partial charge is 0.392 e. The van der Waals surface area contributed by atoms with Crippen molar-refractivity contribution in [1.29, 1.82) is 0 Å². The van der Waals surface area contributed by atoms with Crippen molar-refractivity contribution in [3.8, 4) is 11.1 Å². The maximum Gasteiger partial charge on any atom is 0.0685 e. The minimum atomic E-state index is -0.0758. The maximum atomic E-state index is 9.62. The van der Waals surface area contributed by atoms with E-state index in [1.165, 1.54) is 16.7 Å². The Hall–Kier alpha value is -2.23. The molecule has 3 nitrogen and oxygen atoms in total. The standard InChI is InChI=1S/C20H21NO2/c1-12-6-16-8-17(10-22)18(11-23)9-19(16)20(14(12)3)15-4-5-21-13(2)7-15/h4-9,22-23H,10-11H2,1-3H3. The van der Waals surface area contributed by atoms with Crippen LogP contribution < -0.4 is 0 Å². The van der Waals surface area contributed by atoms with Crippen LogP contribution in [0.3, 0.4) is 0 Å². The number of hydrogen-bond acceptors (Lipinski definition) is 3. The van der Waals surface area contributed by atoms with Crippen LogP contribution in [-0.4, -0.2) is 15.2 Å². The van der Waals surface area contributed by atoms with Crippen molar-refractivity contribution in [2.24, 2.45) is 0 Å². The summed E-state index contributed by atoms with van der Waals surface area (Å²) in [7, 11) is 0. The Kier molecular flexibility index (Phi) is 4.16. The number of aliphatic hydroxyl groups excluding tert-OH is 2. The molecule has 3 aromatic rings. The minimum absolute atomic E-state index is 0.0670. The van der Waals surface area contributed by atoms with Crippen LogP contribution in [0.15, 0.2) is 36.5 Å². The predicted molar refractivity (Wildman–Crippen MR) is 93.2 cm³/mol. The number of aryl methyl sites for hydroxylation is 2. The molecule has 2 N–H and O–H groups in total. The molecule has 2 aromatic carbocycles. The number of nitrogens with zero attached hydrogens (tertiary/aromatic N) is 1. The number of aliphatic hydroxyl groups is 2. The van der Waals surface area contributed by atoms with Crippen LogP contribution >= 0.6 is 0 Å². The second-order valence-corrected chi connectivity index (χ2v) is 6.04. The maximum absolute atomic E-state index is 9.62. The molecule has 0 aliphatic carbocycles. The quantitative estimate of drug-likeness (QED) is 0.773. The van der Waals surface area contributed by atoms with Gasteiger partial charge in [0.1, 0.15) is 0 Å². The van der Waals surface area contributed by atoms with Crippen LogP contribution in [0, 0.1) is 20.8 Å². The highest BCUT2D eigenvalue weighted by atomic mass is 16.3. The van der Waals surface area contributed by atoms with Gasteiger partial charge in [-0.3, -0.25) is 4.98 Å². The van der Waals surface area contributed by atoms with Crippen molar-refractivity contribution in [3.05, 3.63) is 64.5 Å². The number of hydrogen-bond donors (Lipinski definition) is 2. The van der Waals surface area contributed by atoms with E-state index in [-0.39, 0.29) is 13.2 Å². The van der Waals surface area contributed by atoms with E-state index >= 15 is 0 Å². The van der Waals surface area contributed by atoms with Crippen LogP contribution in [0.5, 0.6) is 0 Å². The fraction of sp³-hybridized carbons (Fsp3) is 0.250. The van der Waals surface area contributed by atoms with Gasteiger partial charge < -0.3 is 10.2 Å². The average molecular weight is 307 g/mol. The average Bonchev–Trinajstić information content (AvgIpc) is 2.55. The molecular formula is C20H21NO2. The molecule has 118 valence electrons. The van der Waals surface area contributed by atoms with E-state index in [1.807, 2.05) is 31.3 Å². The number of fused-ring (bicyclic) bond motifs is 1. The van der Waals surface area contributed by atoms with Crippen LogP contribution in [0.1, 0.15) is 27.9 Å². The van der Waals surface area contributed by atoms with E-state index in [0.29, 0.717) is 0 Å². The zero-order chi connectivity index (χ0) is 16.6. The topological polar surface area (TPSA) is 53.4 Å². The smallest absolute Gasteiger partial charge is 0.0685 e. The number of pyridine rings is 1. The lowest BCUT2D eigenvalue weighted by atomic mass is 9.89. The van der Waals surface area contributed by atoms with Crippen molar-refractivity contribution in [2.75, 3.05) is 0 Å². The van der Waals surface area contributed by atoms with E-state index in [9.17, 15) is 10.2 Å². The van der Waals surface area contributed by atoms with Crippen molar-refractivity contribution in [3.63, 3.8) is 0 Å². The molecule has 0 amide bonds. The van der Waals surface area contributed by atoms with E-state index in [2.05, 4.69) is 31.0 Å². The van der Waals surface area contributed by atoms with E-state index in [1.54, 1.807) is 0 Å². The lowest BCUT2D eigenvalue weighted by Crippen LogP contribution is -1.97. The molecule has 1 aromatic heterocycles. The van der Waals surface area contributed by atoms with Gasteiger partial charge in [0.25, 0.3) is 0 Å². The summed E-state index contributed by atoms with van der Waals surface area (Å²) in [5, 5.41) is 21.3. The Bertz CT molecular complexity index is 884. The molecule has 0 unspecified atom stereocenters. The summed E-state index contributed by atoms with van der Waals surface area (Å²) < 4.78 is 0. The summed E-state index contributed by atoms with van der Waals surface area (Å²) in [6, 6.07) is 10.2. The van der Waals surface area contributed by atoms with Crippen molar-refractivity contribution in [2.45, 2.75) is 34.0 Å². The third kappa shape index (κ3) is 2.74. The predicted octanol–water partition coefficient (Wildman–Crippen LogP) is 3.81. The van der Waals surface area contributed by atoms with Gasteiger partial charge in [-0.15, -0.1) is 0 Å². The second kappa shape index (κ2) is 6.11. The summed E-state index contributed by atoms with van der Waals surface area (Å²) in [4.78, 5) is 4.29. The number of aromatic nitrogens is 1. The number of benzene rings is 2. The Morgan fingerprint density at radius 3 is 2.26 bits per heavy atom. The second-order valence-electron chi connectivity index (χ2n) is 6.04. The third-order valence-electron chi connectivity index (χ3n) is 4.51. The normalized spacial score (nSPS) is 11.2. The van der Waals surface area contributed by atoms with Gasteiger partial charge >= 0.3 is 0 Å². The van der Waals surface area contributed by atoms with Crippen molar-refractivity contribution < 1.29 is 10.2 Å². The molecule has 1 heterocycles. The van der Waals surface area contributed by atoms with Gasteiger partial charge in [-0.1, -0.05) is 6.07 Å². The van der Waals surface area contributed by atoms with Gasteiger partial charge in [0.05, 0.1) is 13.2 Å². The Morgan fingerprint density at radius 2 is 1.61 bits per heavy atom. The first kappa shape index (κ1) is 15.7. The molecule has 0 bridgehead atoms. The summed E-state index contributed by atoms with van der Waals surface area (Å²) in [5.41, 5.74) is 7.27. The fourth-order valence-corrected chi connectivity index (χ4v) is 3.15. The zero-order valence-electron chi connectivity index (χ0n) is 13.7. The van der Waals surface area contributed by atoms with Gasteiger partial charge in [0, 0.05) is 11.9 Å². The Labute approximate surface area is 136 Å². The molecule has 0 saturated carbocycles. The first-order chi connectivity index (χ1) is 11.0. The minimum Gasteiger partial charge on any atom is -0.392 e. The van der Waals surface area contributed by atoms with Crippen LogP contribution in [0.4, 0.5) is 0 Å². The SMILES string of the molecule is Cc1cc(-c2c(C)c(C)cc3cc(CO)c(CO)cc23)ccn1. The molecule has 3 rings (SSSR count). The van der Waals surface area contributed by atoms with Gasteiger partial charge in [-0.25, -0.2) is 0 Å². The monoisotopic (exact) mass is 307 g/mol. The first-order valence-electron chi connectivity index (χ1n) is 7.75. The first-order valence-corrected chi connectivity index (χ1v) is 7.75. The van der Waals surface area contributed by atoms with Gasteiger partial charge in [0.15, 0.2) is 0 Å². The summed E-state index contributed by atoms with van der Waals surface area (Å²) in [6.07, 6.45) is 1.83. The van der Waals surface area contributed by atoms with Gasteiger partial charge in [0.2, 0.25) is 0 Å². The fourth-order valence-electron chi connectivity index (χ4n) is 3.15. The summed E-state index contributed by atoms with van der Waals surface area (Å²) in [5.74, 6) is 0. The van der Waals surface area contributed by atoms with Crippen LogP contribution in [-0.2, 0) is 13.2 Å². The van der Waals surface area contributed by atoms with Crippen molar-refractivity contribution in [1.82, 2.24) is 4.98 Å². The lowest BCUT2D eigenvalue weighted by molar-refractivity contribution is 0.260. The molecule has 0 saturated heterocycles. The highest BCUT2D eigenvalue weighted by Crippen LogP contribution is 2.35. The number of rotatable bonds is 3. The molecule has 3 heteroatoms. The molecule has 0 fully saturated rings. The van der Waals surface area contributed by atoms with Crippen molar-refractivity contribution >= 4 is 10.8 Å². The van der Waals surface area contributed by atoms with E-state index in [4.69, 9.17) is 0 Å². The van der Waals surface area contributed by atoms with E-state index in [0.717, 1.165) is 33.2 Å². The molecular weight excluding hydrogens is 286 g/mol. The molecule has 0 aliphatic rings. The zero-order valence-corrected chi connectivity index (χ0v) is 13.7. The van der Waals surface area contributed by atoms with E-state index < -0.39 is 0 Å². The highest BCUT2D eigenvalue weighted by molar-refractivity contribution is 6.00. The molecule has 0 spiro atoms. The van der Waals surface area contributed by atoms with Gasteiger partial charge in [-0.2, -0.15) is 0 Å². The molecule has 0 radical (unpaired) electrons. The molecule has 0 aliphatic heterocycles. The van der Waals surface area contributed by atoms with Crippen LogP contribution in [0.25, 0.3) is 21.9 Å². The van der Waals surface area contributed by atoms with Crippen LogP contribution in [0.2, 0.25) is 0 Å². The molecule has 23 heavy (non-hydrogen) atoms. The Balaban J connectivity index is 2.41. The summed E-state index contributed by atoms with van der Waals surface area (Å²) >= 11 is 0.